The minimum Gasteiger partial charge on any atom is -0.368 e. The number of aryl methyl sites for hydroxylation is 1. The Morgan fingerprint density at radius 2 is 1.60 bits per heavy atom. The van der Waals surface area contributed by atoms with Gasteiger partial charge in [-0.15, -0.1) is 5.06 Å². The summed E-state index contributed by atoms with van der Waals surface area (Å²) in [6.07, 6.45) is 14.1. The summed E-state index contributed by atoms with van der Waals surface area (Å²) < 4.78 is 17.2. The Morgan fingerprint density at radius 3 is 2.34 bits per heavy atom. The van der Waals surface area contributed by atoms with E-state index < -0.39 is 0 Å². The standard InChI is InChI=1S/C43H53FN4O2/c1-31-45-40-17-8-9-18-41(40)48(31)38-29-36-19-20-37(30-38)47(36)26-23-43(34-15-10-16-35(44)28-34)21-24-46(25-22-43)50-42(49)39(33-13-6-3-7-14-33)27-32-11-4-2-5-12-32/h2,4-5,8-12,15-18,28,33,36-39H,3,6-7,13-14,19-27,29-30H2,1H3/t36-,37+,38?,39?. The average molecular weight is 677 g/mol. The fourth-order valence-corrected chi connectivity index (χ4v) is 10.3. The molecule has 8 rings (SSSR count). The SMILES string of the molecule is Cc1nc2ccccc2n1C1C[C@H]2CC[C@@H](C1)N2CCC1(c2cccc(F)c2)CCN(OC(=O)C(Cc2ccccc2)C2CCCCC2)CC1. The van der Waals surface area contributed by atoms with Gasteiger partial charge in [-0.1, -0.05) is 73.9 Å². The van der Waals surface area contributed by atoms with Gasteiger partial charge < -0.3 is 9.40 Å². The molecule has 0 spiro atoms. The summed E-state index contributed by atoms with van der Waals surface area (Å²) in [7, 11) is 0. The van der Waals surface area contributed by atoms with Gasteiger partial charge in [0.05, 0.1) is 17.0 Å². The van der Waals surface area contributed by atoms with Crippen LogP contribution in [-0.4, -0.2) is 57.2 Å². The van der Waals surface area contributed by atoms with E-state index in [1.54, 1.807) is 12.1 Å². The van der Waals surface area contributed by atoms with Crippen LogP contribution in [-0.2, 0) is 21.5 Å². The molecular weight excluding hydrogens is 623 g/mol. The lowest BCUT2D eigenvalue weighted by Gasteiger charge is -2.45. The molecule has 4 fully saturated rings. The number of aromatic nitrogens is 2. The maximum atomic E-state index is 14.7. The second kappa shape index (κ2) is 14.6. The lowest BCUT2D eigenvalue weighted by molar-refractivity contribution is -0.205. The van der Waals surface area contributed by atoms with Gasteiger partial charge in [-0.2, -0.15) is 0 Å². The fraction of sp³-hybridized carbons (Fsp3) is 0.535. The van der Waals surface area contributed by atoms with Crippen LogP contribution in [0.15, 0.2) is 78.9 Å². The number of benzene rings is 3. The maximum absolute atomic E-state index is 14.7. The summed E-state index contributed by atoms with van der Waals surface area (Å²) >= 11 is 0. The van der Waals surface area contributed by atoms with Crippen LogP contribution in [0.5, 0.6) is 0 Å². The number of nitrogens with zero attached hydrogens (tertiary/aromatic N) is 4. The number of rotatable bonds is 10. The third kappa shape index (κ3) is 6.88. The van der Waals surface area contributed by atoms with E-state index in [0.717, 1.165) is 74.8 Å². The van der Waals surface area contributed by atoms with Crippen molar-refractivity contribution in [2.24, 2.45) is 11.8 Å². The molecule has 0 radical (unpaired) electrons. The van der Waals surface area contributed by atoms with Crippen LogP contribution in [0.3, 0.4) is 0 Å². The molecule has 1 aliphatic carbocycles. The van der Waals surface area contributed by atoms with Crippen molar-refractivity contribution in [1.82, 2.24) is 19.5 Å². The summed E-state index contributed by atoms with van der Waals surface area (Å²) in [6.45, 7) is 4.52. The lowest BCUT2D eigenvalue weighted by atomic mass is 9.70. The van der Waals surface area contributed by atoms with E-state index in [0.29, 0.717) is 37.1 Å². The normalized spacial score (nSPS) is 25.1. The summed E-state index contributed by atoms with van der Waals surface area (Å²) in [5.74, 6) is 1.14. The number of halogens is 1. The van der Waals surface area contributed by atoms with Gasteiger partial charge in [0.25, 0.3) is 0 Å². The molecule has 2 bridgehead atoms. The molecule has 2 unspecified atom stereocenters. The Bertz CT molecular complexity index is 1750. The molecule has 264 valence electrons. The Hall–Kier alpha value is -3.55. The molecule has 3 aromatic carbocycles. The average Bonchev–Trinajstić information content (AvgIpc) is 3.61. The predicted octanol–water partition coefficient (Wildman–Crippen LogP) is 8.97. The van der Waals surface area contributed by atoms with Gasteiger partial charge in [-0.3, -0.25) is 9.69 Å². The van der Waals surface area contributed by atoms with Crippen LogP contribution >= 0.6 is 0 Å². The highest BCUT2D eigenvalue weighted by molar-refractivity contribution is 5.76. The number of hydrogen-bond acceptors (Lipinski definition) is 5. The van der Waals surface area contributed by atoms with Crippen molar-refractivity contribution in [2.45, 2.75) is 114 Å². The van der Waals surface area contributed by atoms with Crippen molar-refractivity contribution in [1.29, 1.82) is 0 Å². The first-order valence-electron chi connectivity index (χ1n) is 19.4. The smallest absolute Gasteiger partial charge is 0.328 e. The number of carbonyl (C=O) groups is 1. The maximum Gasteiger partial charge on any atom is 0.328 e. The van der Waals surface area contributed by atoms with Crippen molar-refractivity contribution >= 4 is 17.0 Å². The van der Waals surface area contributed by atoms with E-state index in [-0.39, 0.29) is 23.1 Å². The number of carbonyl (C=O) groups excluding carboxylic acids is 1. The molecule has 4 atom stereocenters. The lowest BCUT2D eigenvalue weighted by Crippen LogP contribution is -2.48. The number of hydrogen-bond donors (Lipinski definition) is 0. The van der Waals surface area contributed by atoms with E-state index in [4.69, 9.17) is 9.82 Å². The molecule has 50 heavy (non-hydrogen) atoms. The fourth-order valence-electron chi connectivity index (χ4n) is 10.3. The number of imidazole rings is 1. The molecule has 4 aliphatic rings. The zero-order valence-corrected chi connectivity index (χ0v) is 29.7. The summed E-state index contributed by atoms with van der Waals surface area (Å²) in [5, 5.41) is 1.92. The highest BCUT2D eigenvalue weighted by atomic mass is 19.1. The molecule has 1 saturated carbocycles. The zero-order chi connectivity index (χ0) is 34.1. The molecule has 0 N–H and O–H groups in total. The van der Waals surface area contributed by atoms with Gasteiger partial charge in [-0.05, 0) is 124 Å². The van der Waals surface area contributed by atoms with Gasteiger partial charge in [-0.25, -0.2) is 9.37 Å². The van der Waals surface area contributed by atoms with Gasteiger partial charge in [0.1, 0.15) is 11.6 Å². The molecule has 4 aromatic rings. The first-order chi connectivity index (χ1) is 24.5. The van der Waals surface area contributed by atoms with Crippen LogP contribution < -0.4 is 0 Å². The van der Waals surface area contributed by atoms with Gasteiger partial charge >= 0.3 is 5.97 Å². The molecule has 6 nitrogen and oxygen atoms in total. The largest absolute Gasteiger partial charge is 0.368 e. The highest BCUT2D eigenvalue weighted by Crippen LogP contribution is 2.45. The molecular formula is C43H53FN4O2. The van der Waals surface area contributed by atoms with Crippen molar-refractivity contribution in [3.05, 3.63) is 102 Å². The molecule has 3 aliphatic heterocycles. The van der Waals surface area contributed by atoms with Crippen LogP contribution in [0.4, 0.5) is 4.39 Å². The predicted molar refractivity (Wildman–Crippen MR) is 196 cm³/mol. The van der Waals surface area contributed by atoms with Crippen LogP contribution in [0, 0.1) is 24.6 Å². The van der Waals surface area contributed by atoms with Crippen molar-refractivity contribution in [2.75, 3.05) is 19.6 Å². The number of para-hydroxylation sites is 2. The first-order valence-corrected chi connectivity index (χ1v) is 19.4. The minimum absolute atomic E-state index is 0.0700. The Morgan fingerprint density at radius 1 is 0.880 bits per heavy atom. The molecule has 0 amide bonds. The second-order valence-corrected chi connectivity index (χ2v) is 15.8. The van der Waals surface area contributed by atoms with Crippen molar-refractivity contribution in [3.63, 3.8) is 0 Å². The van der Waals surface area contributed by atoms with E-state index >= 15 is 0 Å². The topological polar surface area (TPSA) is 50.6 Å². The summed E-state index contributed by atoms with van der Waals surface area (Å²) in [6, 6.07) is 27.9. The van der Waals surface area contributed by atoms with Gasteiger partial charge in [0.2, 0.25) is 0 Å². The Balaban J connectivity index is 0.945. The minimum atomic E-state index is -0.171. The summed E-state index contributed by atoms with van der Waals surface area (Å²) in [4.78, 5) is 27.8. The number of hydroxylamine groups is 2. The monoisotopic (exact) mass is 676 g/mol. The molecule has 3 saturated heterocycles. The van der Waals surface area contributed by atoms with Gasteiger partial charge in [0.15, 0.2) is 0 Å². The van der Waals surface area contributed by atoms with E-state index in [1.165, 1.54) is 43.2 Å². The van der Waals surface area contributed by atoms with E-state index in [9.17, 15) is 9.18 Å². The van der Waals surface area contributed by atoms with Gasteiger partial charge in [0, 0.05) is 31.2 Å². The van der Waals surface area contributed by atoms with Crippen LogP contribution in [0.1, 0.15) is 100 Å². The quantitative estimate of drug-likeness (QED) is 0.168. The Kier molecular flexibility index (Phi) is 9.80. The number of piperidine rings is 2. The molecule has 1 aromatic heterocycles. The third-order valence-electron chi connectivity index (χ3n) is 13.0. The van der Waals surface area contributed by atoms with Crippen LogP contribution in [0.25, 0.3) is 11.0 Å². The van der Waals surface area contributed by atoms with Crippen LogP contribution in [0.2, 0.25) is 0 Å². The second-order valence-electron chi connectivity index (χ2n) is 15.8. The molecule has 7 heteroatoms. The first kappa shape index (κ1) is 33.6. The third-order valence-corrected chi connectivity index (χ3v) is 13.0. The highest BCUT2D eigenvalue weighted by Gasteiger charge is 2.44. The number of fused-ring (bicyclic) bond motifs is 3. The van der Waals surface area contributed by atoms with Crippen molar-refractivity contribution in [3.8, 4) is 0 Å². The van der Waals surface area contributed by atoms with E-state index in [1.807, 2.05) is 17.2 Å². The zero-order valence-electron chi connectivity index (χ0n) is 29.7. The van der Waals surface area contributed by atoms with Crippen molar-refractivity contribution < 1.29 is 14.0 Å². The molecule has 4 heterocycles. The van der Waals surface area contributed by atoms with E-state index in [2.05, 4.69) is 71.0 Å². The Labute approximate surface area is 297 Å². The summed E-state index contributed by atoms with van der Waals surface area (Å²) in [5.41, 5.74) is 4.50.